The summed E-state index contributed by atoms with van der Waals surface area (Å²) in [6.45, 7) is 4.82. The number of carbonyl (C=O) groups excluding carboxylic acids is 1. The first-order chi connectivity index (χ1) is 20.1. The summed E-state index contributed by atoms with van der Waals surface area (Å²) in [5.74, 6) is 0.848. The predicted octanol–water partition coefficient (Wildman–Crippen LogP) is 7.14. The van der Waals surface area contributed by atoms with Crippen LogP contribution in [0.1, 0.15) is 62.3 Å². The lowest BCUT2D eigenvalue weighted by Gasteiger charge is -2.38. The molecule has 1 aliphatic heterocycles. The van der Waals surface area contributed by atoms with Gasteiger partial charge in [0.2, 0.25) is 5.91 Å². The SMILES string of the molecule is COc1cc2c(cc1OC(C)C)[C@H](c1ccc(Cl)cc1)N(c1ccc(N(C)CC3CCC(C(=O)O)CC3)cc1)C(=O)C2. The molecule has 5 rings (SSSR count). The minimum atomic E-state index is -0.674. The summed E-state index contributed by atoms with van der Waals surface area (Å²) in [5.41, 5.74) is 4.73. The van der Waals surface area contributed by atoms with Crippen LogP contribution < -0.4 is 19.3 Å². The van der Waals surface area contributed by atoms with Gasteiger partial charge < -0.3 is 24.4 Å². The average molecular weight is 591 g/mol. The van der Waals surface area contributed by atoms with Gasteiger partial charge in [-0.05, 0) is 111 Å². The molecule has 0 unspecified atom stereocenters. The third-order valence-corrected chi connectivity index (χ3v) is 8.69. The topological polar surface area (TPSA) is 79.3 Å². The van der Waals surface area contributed by atoms with E-state index in [9.17, 15) is 14.7 Å². The number of anilines is 2. The Morgan fingerprint density at radius 2 is 1.69 bits per heavy atom. The zero-order valence-corrected chi connectivity index (χ0v) is 25.4. The second-order valence-corrected chi connectivity index (χ2v) is 12.2. The lowest BCUT2D eigenvalue weighted by atomic mass is 9.82. The lowest BCUT2D eigenvalue weighted by molar-refractivity contribution is -0.143. The average Bonchev–Trinajstić information content (AvgIpc) is 2.97. The van der Waals surface area contributed by atoms with E-state index in [-0.39, 0.29) is 30.4 Å². The Morgan fingerprint density at radius 1 is 1.02 bits per heavy atom. The first-order valence-electron chi connectivity index (χ1n) is 14.6. The fourth-order valence-corrected chi connectivity index (χ4v) is 6.41. The molecular formula is C34H39ClN2O5. The fraction of sp³-hybridized carbons (Fsp3) is 0.412. The summed E-state index contributed by atoms with van der Waals surface area (Å²) in [7, 11) is 3.68. The van der Waals surface area contributed by atoms with Crippen LogP contribution >= 0.6 is 11.6 Å². The Balaban J connectivity index is 1.44. The van der Waals surface area contributed by atoms with Gasteiger partial charge in [0, 0.05) is 30.0 Å². The minimum Gasteiger partial charge on any atom is -0.493 e. The smallest absolute Gasteiger partial charge is 0.306 e. The third kappa shape index (κ3) is 6.36. The number of fused-ring (bicyclic) bond motifs is 1. The standard InChI is InChI=1S/C34H39ClN2O5/c1-21(2)42-31-19-29-25(17-30(31)41-4)18-32(38)37(33(29)23-9-11-26(35)12-10-23)28-15-13-27(14-16-28)36(3)20-22-5-7-24(8-6-22)34(39)40/h9-17,19,21-22,24,33H,5-8,18,20H2,1-4H3,(H,39,40)/t22?,24?,33-/m0/s1. The zero-order chi connectivity index (χ0) is 30.0. The van der Waals surface area contributed by atoms with Crippen molar-refractivity contribution in [2.75, 3.05) is 30.5 Å². The molecule has 222 valence electrons. The summed E-state index contributed by atoms with van der Waals surface area (Å²) in [4.78, 5) is 29.2. The molecule has 1 amide bonds. The third-order valence-electron chi connectivity index (χ3n) is 8.43. The molecule has 3 aromatic rings. The molecule has 1 atom stereocenters. The number of hydrogen-bond acceptors (Lipinski definition) is 5. The van der Waals surface area contributed by atoms with Gasteiger partial charge in [0.1, 0.15) is 0 Å². The molecule has 7 nitrogen and oxygen atoms in total. The van der Waals surface area contributed by atoms with Gasteiger partial charge in [-0.2, -0.15) is 0 Å². The highest BCUT2D eigenvalue weighted by Crippen LogP contribution is 2.44. The number of nitrogens with zero attached hydrogens (tertiary/aromatic N) is 2. The number of amides is 1. The molecule has 8 heteroatoms. The number of hydrogen-bond donors (Lipinski definition) is 1. The first kappa shape index (κ1) is 29.8. The Morgan fingerprint density at radius 3 is 2.29 bits per heavy atom. The molecule has 0 saturated heterocycles. The van der Waals surface area contributed by atoms with Gasteiger partial charge in [-0.25, -0.2) is 0 Å². The van der Waals surface area contributed by atoms with Crippen LogP contribution in [0.3, 0.4) is 0 Å². The van der Waals surface area contributed by atoms with Crippen LogP contribution in [0.2, 0.25) is 5.02 Å². The maximum atomic E-state index is 13.8. The van der Waals surface area contributed by atoms with E-state index in [1.54, 1.807) is 7.11 Å². The second-order valence-electron chi connectivity index (χ2n) is 11.7. The molecule has 0 spiro atoms. The number of carbonyl (C=O) groups is 2. The molecule has 1 heterocycles. The molecule has 1 fully saturated rings. The van der Waals surface area contributed by atoms with Crippen molar-refractivity contribution in [3.63, 3.8) is 0 Å². The largest absolute Gasteiger partial charge is 0.493 e. The van der Waals surface area contributed by atoms with Crippen molar-refractivity contribution < 1.29 is 24.2 Å². The monoisotopic (exact) mass is 590 g/mol. The van der Waals surface area contributed by atoms with Crippen LogP contribution in [0.15, 0.2) is 60.7 Å². The Kier molecular flexibility index (Phi) is 8.97. The number of methoxy groups -OCH3 is 1. The quantitative estimate of drug-likeness (QED) is 0.285. The van der Waals surface area contributed by atoms with E-state index >= 15 is 0 Å². The molecule has 3 aromatic carbocycles. The number of carboxylic acid groups (broad SMARTS) is 1. The number of rotatable bonds is 9. The molecule has 42 heavy (non-hydrogen) atoms. The van der Waals surface area contributed by atoms with E-state index in [1.807, 2.05) is 67.3 Å². The van der Waals surface area contributed by atoms with Crippen LogP contribution in [0, 0.1) is 11.8 Å². The van der Waals surface area contributed by atoms with Crippen molar-refractivity contribution in [1.29, 1.82) is 0 Å². The Bertz CT molecular complexity index is 1420. The predicted molar refractivity (Wildman–Crippen MR) is 166 cm³/mol. The molecule has 1 N–H and O–H groups in total. The molecule has 0 aromatic heterocycles. The Labute approximate surface area is 253 Å². The molecule has 0 radical (unpaired) electrons. The number of carboxylic acids is 1. The van der Waals surface area contributed by atoms with E-state index in [1.165, 1.54) is 0 Å². The van der Waals surface area contributed by atoms with Crippen molar-refractivity contribution in [3.05, 3.63) is 82.4 Å². The molecule has 1 saturated carbocycles. The van der Waals surface area contributed by atoms with Crippen molar-refractivity contribution in [1.82, 2.24) is 0 Å². The lowest BCUT2D eigenvalue weighted by Crippen LogP contribution is -2.41. The number of halogens is 1. The molecule has 2 aliphatic rings. The summed E-state index contributed by atoms with van der Waals surface area (Å²) in [6.07, 6.45) is 3.55. The summed E-state index contributed by atoms with van der Waals surface area (Å²) >= 11 is 6.24. The van der Waals surface area contributed by atoms with Crippen molar-refractivity contribution in [2.24, 2.45) is 11.8 Å². The number of benzene rings is 3. The molecular weight excluding hydrogens is 552 g/mol. The zero-order valence-electron chi connectivity index (χ0n) is 24.7. The van der Waals surface area contributed by atoms with Gasteiger partial charge in [-0.1, -0.05) is 23.7 Å². The van der Waals surface area contributed by atoms with Crippen LogP contribution in [0.4, 0.5) is 11.4 Å². The van der Waals surface area contributed by atoms with Crippen LogP contribution in [0.5, 0.6) is 11.5 Å². The molecule has 1 aliphatic carbocycles. The number of ether oxygens (including phenoxy) is 2. The Hall–Kier alpha value is -3.71. The van der Waals surface area contributed by atoms with Gasteiger partial charge in [0.25, 0.3) is 0 Å². The summed E-state index contributed by atoms with van der Waals surface area (Å²) in [6, 6.07) is 19.3. The molecule has 0 bridgehead atoms. The number of aliphatic carboxylic acids is 1. The van der Waals surface area contributed by atoms with Gasteiger partial charge in [-0.3, -0.25) is 9.59 Å². The van der Waals surface area contributed by atoms with Gasteiger partial charge in [0.05, 0.1) is 31.6 Å². The maximum absolute atomic E-state index is 13.8. The van der Waals surface area contributed by atoms with Crippen molar-refractivity contribution in [3.8, 4) is 11.5 Å². The van der Waals surface area contributed by atoms with Crippen LogP contribution in [-0.2, 0) is 16.0 Å². The highest BCUT2D eigenvalue weighted by molar-refractivity contribution is 6.30. The van der Waals surface area contributed by atoms with Crippen LogP contribution in [-0.4, -0.2) is 43.8 Å². The second kappa shape index (κ2) is 12.7. The van der Waals surface area contributed by atoms with E-state index in [4.69, 9.17) is 21.1 Å². The van der Waals surface area contributed by atoms with E-state index < -0.39 is 5.97 Å². The van der Waals surface area contributed by atoms with Gasteiger partial charge in [0.15, 0.2) is 11.5 Å². The van der Waals surface area contributed by atoms with Gasteiger partial charge >= 0.3 is 5.97 Å². The van der Waals surface area contributed by atoms with Crippen LogP contribution in [0.25, 0.3) is 0 Å². The first-order valence-corrected chi connectivity index (χ1v) is 15.0. The van der Waals surface area contributed by atoms with Crippen molar-refractivity contribution in [2.45, 2.75) is 58.1 Å². The highest BCUT2D eigenvalue weighted by atomic mass is 35.5. The highest BCUT2D eigenvalue weighted by Gasteiger charge is 2.36. The van der Waals surface area contributed by atoms with E-state index in [0.717, 1.165) is 60.3 Å². The summed E-state index contributed by atoms with van der Waals surface area (Å²) in [5, 5.41) is 9.94. The maximum Gasteiger partial charge on any atom is 0.306 e. The normalized spacial score (nSPS) is 20.3. The van der Waals surface area contributed by atoms with Crippen molar-refractivity contribution >= 4 is 34.9 Å². The van der Waals surface area contributed by atoms with E-state index in [0.29, 0.717) is 22.4 Å². The van der Waals surface area contributed by atoms with E-state index in [2.05, 4.69) is 24.1 Å². The summed E-state index contributed by atoms with van der Waals surface area (Å²) < 4.78 is 11.7. The fourth-order valence-electron chi connectivity index (χ4n) is 6.28. The van der Waals surface area contributed by atoms with Gasteiger partial charge in [-0.15, -0.1) is 0 Å². The minimum absolute atomic E-state index is 0.00155.